The van der Waals surface area contributed by atoms with E-state index in [0.717, 1.165) is 43.1 Å². The smallest absolute Gasteiger partial charge is 0.0591 e. The lowest BCUT2D eigenvalue weighted by Gasteiger charge is -2.39. The Hall–Kier alpha value is -0.610. The van der Waals surface area contributed by atoms with Crippen molar-refractivity contribution in [1.82, 2.24) is 4.90 Å². The molecule has 0 radical (unpaired) electrons. The van der Waals surface area contributed by atoms with E-state index in [2.05, 4.69) is 31.7 Å². The molecule has 0 amide bonds. The van der Waals surface area contributed by atoms with Crippen molar-refractivity contribution >= 4 is 11.6 Å². The topological polar surface area (TPSA) is 49.5 Å². The number of aliphatic hydroxyl groups excluding tert-OH is 1. The summed E-state index contributed by atoms with van der Waals surface area (Å²) in [5.41, 5.74) is 7.31. The van der Waals surface area contributed by atoms with Crippen LogP contribution in [0.15, 0.2) is 24.3 Å². The van der Waals surface area contributed by atoms with Crippen LogP contribution < -0.4 is 5.73 Å². The number of likely N-dealkylation sites (tertiary alicyclic amines) is 1. The summed E-state index contributed by atoms with van der Waals surface area (Å²) in [6.45, 7) is 8.96. The van der Waals surface area contributed by atoms with Crippen molar-refractivity contribution in [3.8, 4) is 0 Å². The number of halogens is 1. The highest BCUT2D eigenvalue weighted by Gasteiger charge is 2.30. The third kappa shape index (κ3) is 4.95. The molecule has 0 spiro atoms. The van der Waals surface area contributed by atoms with Gasteiger partial charge in [0.2, 0.25) is 0 Å². The van der Waals surface area contributed by atoms with Gasteiger partial charge in [0.25, 0.3) is 0 Å². The third-order valence-corrected chi connectivity index (χ3v) is 4.92. The summed E-state index contributed by atoms with van der Waals surface area (Å²) in [5, 5.41) is 11.2. The van der Waals surface area contributed by atoms with E-state index in [-0.39, 0.29) is 17.6 Å². The maximum atomic E-state index is 10.4. The molecule has 1 aromatic carbocycles. The molecule has 0 saturated carbocycles. The minimum atomic E-state index is -0.287. The van der Waals surface area contributed by atoms with Crippen molar-refractivity contribution in [3.05, 3.63) is 34.9 Å². The van der Waals surface area contributed by atoms with Gasteiger partial charge in [-0.15, -0.1) is 0 Å². The maximum Gasteiger partial charge on any atom is 0.0591 e. The Bertz CT molecular complexity index is 486. The van der Waals surface area contributed by atoms with E-state index >= 15 is 0 Å². The minimum absolute atomic E-state index is 0.0743. The van der Waals surface area contributed by atoms with E-state index in [1.807, 2.05) is 18.2 Å². The number of benzene rings is 1. The predicted molar refractivity (Wildman–Crippen MR) is 92.9 cm³/mol. The molecule has 22 heavy (non-hydrogen) atoms. The van der Waals surface area contributed by atoms with Gasteiger partial charge in [-0.1, -0.05) is 50.6 Å². The van der Waals surface area contributed by atoms with Crippen LogP contribution >= 0.6 is 11.6 Å². The Kier molecular flexibility index (Phi) is 5.89. The zero-order chi connectivity index (χ0) is 16.3. The quantitative estimate of drug-likeness (QED) is 0.893. The van der Waals surface area contributed by atoms with Crippen LogP contribution in [0, 0.1) is 11.3 Å². The summed E-state index contributed by atoms with van der Waals surface area (Å²) >= 11 is 6.26. The lowest BCUT2D eigenvalue weighted by Crippen LogP contribution is -2.47. The molecule has 1 heterocycles. The summed E-state index contributed by atoms with van der Waals surface area (Å²) in [6, 6.07) is 8.15. The molecule has 1 aliphatic rings. The fourth-order valence-corrected chi connectivity index (χ4v) is 3.38. The summed E-state index contributed by atoms with van der Waals surface area (Å²) in [7, 11) is 0. The summed E-state index contributed by atoms with van der Waals surface area (Å²) < 4.78 is 0. The van der Waals surface area contributed by atoms with Crippen LogP contribution in [0.1, 0.15) is 39.2 Å². The second-order valence-corrected chi connectivity index (χ2v) is 8.17. The van der Waals surface area contributed by atoms with Gasteiger partial charge in [0.1, 0.15) is 0 Å². The number of piperidine rings is 1. The fraction of sp³-hybridized carbons (Fsp3) is 0.667. The molecular formula is C18H29ClN2O. The van der Waals surface area contributed by atoms with Gasteiger partial charge in [-0.25, -0.2) is 0 Å². The molecule has 0 bridgehead atoms. The summed E-state index contributed by atoms with van der Waals surface area (Å²) in [4.78, 5) is 2.37. The molecule has 3 N–H and O–H groups in total. The molecule has 1 fully saturated rings. The first-order valence-corrected chi connectivity index (χ1v) is 8.53. The highest BCUT2D eigenvalue weighted by Crippen LogP contribution is 2.29. The lowest BCUT2D eigenvalue weighted by molar-refractivity contribution is 0.0233. The molecule has 3 unspecified atom stereocenters. The molecule has 4 heteroatoms. The number of nitrogens with two attached hydrogens (primary N) is 1. The van der Waals surface area contributed by atoms with Crippen molar-refractivity contribution in [2.45, 2.75) is 52.3 Å². The highest BCUT2D eigenvalue weighted by molar-refractivity contribution is 6.31. The molecule has 0 aromatic heterocycles. The van der Waals surface area contributed by atoms with Crippen molar-refractivity contribution in [2.24, 2.45) is 17.1 Å². The molecule has 0 aliphatic carbocycles. The van der Waals surface area contributed by atoms with Gasteiger partial charge < -0.3 is 10.8 Å². The molecule has 3 nitrogen and oxygen atoms in total. The zero-order valence-corrected chi connectivity index (χ0v) is 14.7. The first-order valence-electron chi connectivity index (χ1n) is 8.15. The summed E-state index contributed by atoms with van der Waals surface area (Å²) in [6.07, 6.45) is 1.52. The Morgan fingerprint density at radius 1 is 1.32 bits per heavy atom. The van der Waals surface area contributed by atoms with E-state index in [0.29, 0.717) is 5.92 Å². The number of aliphatic hydroxyl groups is 1. The van der Waals surface area contributed by atoms with E-state index in [1.165, 1.54) is 0 Å². The first kappa shape index (κ1) is 17.7. The van der Waals surface area contributed by atoms with E-state index in [1.54, 1.807) is 0 Å². The Morgan fingerprint density at radius 3 is 2.64 bits per heavy atom. The van der Waals surface area contributed by atoms with Gasteiger partial charge in [0.15, 0.2) is 0 Å². The van der Waals surface area contributed by atoms with Crippen LogP contribution in [0.3, 0.4) is 0 Å². The third-order valence-electron chi connectivity index (χ3n) is 4.55. The van der Waals surface area contributed by atoms with Gasteiger partial charge in [0, 0.05) is 30.7 Å². The second-order valence-electron chi connectivity index (χ2n) is 7.76. The van der Waals surface area contributed by atoms with E-state index in [4.69, 9.17) is 17.3 Å². The average Bonchev–Trinajstić information content (AvgIpc) is 2.39. The van der Waals surface area contributed by atoms with Gasteiger partial charge in [0.05, 0.1) is 6.10 Å². The average molecular weight is 325 g/mol. The Labute approximate surface area is 139 Å². The monoisotopic (exact) mass is 324 g/mol. The Balaban J connectivity index is 1.98. The van der Waals surface area contributed by atoms with Crippen LogP contribution in [0.2, 0.25) is 5.02 Å². The molecule has 1 saturated heterocycles. The largest absolute Gasteiger partial charge is 0.393 e. The SMILES string of the molecule is CC(C)(C)C(O)CC1CC(N)CN(Cc2ccccc2Cl)C1. The number of nitrogens with zero attached hydrogens (tertiary/aromatic N) is 1. The van der Waals surface area contributed by atoms with Crippen molar-refractivity contribution < 1.29 is 5.11 Å². The highest BCUT2D eigenvalue weighted by atomic mass is 35.5. The molecule has 3 atom stereocenters. The first-order chi connectivity index (χ1) is 10.3. The maximum absolute atomic E-state index is 10.4. The fourth-order valence-electron chi connectivity index (χ4n) is 3.19. The van der Waals surface area contributed by atoms with Crippen LogP contribution in [-0.2, 0) is 6.54 Å². The van der Waals surface area contributed by atoms with Crippen molar-refractivity contribution in [1.29, 1.82) is 0 Å². The Morgan fingerprint density at radius 2 is 2.00 bits per heavy atom. The van der Waals surface area contributed by atoms with Gasteiger partial charge in [-0.2, -0.15) is 0 Å². The molecular weight excluding hydrogens is 296 g/mol. The van der Waals surface area contributed by atoms with Crippen LogP contribution in [0.4, 0.5) is 0 Å². The van der Waals surface area contributed by atoms with Gasteiger partial charge in [-0.3, -0.25) is 4.90 Å². The van der Waals surface area contributed by atoms with E-state index in [9.17, 15) is 5.11 Å². The second kappa shape index (κ2) is 7.31. The van der Waals surface area contributed by atoms with E-state index < -0.39 is 0 Å². The van der Waals surface area contributed by atoms with Gasteiger partial charge in [-0.05, 0) is 35.8 Å². The lowest BCUT2D eigenvalue weighted by atomic mass is 9.80. The van der Waals surface area contributed by atoms with Crippen molar-refractivity contribution in [2.75, 3.05) is 13.1 Å². The van der Waals surface area contributed by atoms with Crippen LogP contribution in [0.25, 0.3) is 0 Å². The molecule has 2 rings (SSSR count). The number of hydrogen-bond donors (Lipinski definition) is 2. The van der Waals surface area contributed by atoms with Gasteiger partial charge >= 0.3 is 0 Å². The van der Waals surface area contributed by atoms with Crippen molar-refractivity contribution in [3.63, 3.8) is 0 Å². The normalized spacial score (nSPS) is 25.2. The number of hydrogen-bond acceptors (Lipinski definition) is 3. The predicted octanol–water partition coefficient (Wildman–Crippen LogP) is 3.29. The summed E-state index contributed by atoms with van der Waals surface area (Å²) in [5.74, 6) is 0.445. The molecule has 1 aromatic rings. The van der Waals surface area contributed by atoms with Crippen LogP contribution in [0.5, 0.6) is 0 Å². The zero-order valence-electron chi connectivity index (χ0n) is 13.9. The molecule has 1 aliphatic heterocycles. The molecule has 124 valence electrons. The minimum Gasteiger partial charge on any atom is -0.393 e. The van der Waals surface area contributed by atoms with Crippen LogP contribution in [-0.4, -0.2) is 35.2 Å². The number of rotatable bonds is 4. The standard InChI is InChI=1S/C18H29ClN2O/c1-18(2,3)17(22)9-13-8-15(20)12-21(10-13)11-14-6-4-5-7-16(14)19/h4-7,13,15,17,22H,8-12,20H2,1-3H3.